The van der Waals surface area contributed by atoms with E-state index in [1.54, 1.807) is 0 Å². The second-order valence-corrected chi connectivity index (χ2v) is 21.3. The molecule has 436 valence electrons. The first-order chi connectivity index (χ1) is 37.5. The molecule has 0 bridgehead atoms. The van der Waals surface area contributed by atoms with Crippen molar-refractivity contribution in [2.45, 2.75) is 316 Å². The molecule has 0 aliphatic carbocycles. The Morgan fingerprint density at radius 1 is 0.276 bits per heavy atom. The summed E-state index contributed by atoms with van der Waals surface area (Å²) < 4.78 is 16.9. The first-order valence-corrected chi connectivity index (χ1v) is 32.2. The van der Waals surface area contributed by atoms with Crippen LogP contribution in [-0.4, -0.2) is 37.2 Å². The van der Waals surface area contributed by atoms with Gasteiger partial charge in [0, 0.05) is 19.3 Å². The van der Waals surface area contributed by atoms with E-state index >= 15 is 0 Å². The second kappa shape index (κ2) is 63.9. The van der Waals surface area contributed by atoms with Crippen LogP contribution in [0, 0.1) is 0 Å². The Morgan fingerprint density at radius 3 is 0.829 bits per heavy atom. The summed E-state index contributed by atoms with van der Waals surface area (Å²) in [5.41, 5.74) is 0. The molecule has 0 aliphatic heterocycles. The number of rotatable bonds is 58. The third-order valence-corrected chi connectivity index (χ3v) is 13.8. The summed E-state index contributed by atoms with van der Waals surface area (Å²) in [6, 6.07) is 0. The van der Waals surface area contributed by atoms with Gasteiger partial charge in [-0.05, 0) is 103 Å². The molecule has 6 heteroatoms. The van der Waals surface area contributed by atoms with E-state index in [0.29, 0.717) is 19.3 Å². The third kappa shape index (κ3) is 61.2. The van der Waals surface area contributed by atoms with Gasteiger partial charge in [0.15, 0.2) is 6.10 Å². The number of allylic oxidation sites excluding steroid dienone is 16. The minimum atomic E-state index is -0.795. The molecule has 0 saturated heterocycles. The number of ether oxygens (including phenoxy) is 3. The molecule has 76 heavy (non-hydrogen) atoms. The van der Waals surface area contributed by atoms with Crippen molar-refractivity contribution < 1.29 is 28.6 Å². The van der Waals surface area contributed by atoms with Gasteiger partial charge < -0.3 is 14.2 Å². The van der Waals surface area contributed by atoms with Crippen LogP contribution < -0.4 is 0 Å². The zero-order valence-electron chi connectivity index (χ0n) is 50.0. The number of carbonyl (C=O) groups is 3. The lowest BCUT2D eigenvalue weighted by molar-refractivity contribution is -0.167. The molecule has 0 radical (unpaired) electrons. The first-order valence-electron chi connectivity index (χ1n) is 32.2. The highest BCUT2D eigenvalue weighted by molar-refractivity contribution is 5.71. The molecule has 0 N–H and O–H groups in total. The van der Waals surface area contributed by atoms with Gasteiger partial charge in [0.05, 0.1) is 0 Å². The highest BCUT2D eigenvalue weighted by Crippen LogP contribution is 2.16. The van der Waals surface area contributed by atoms with Crippen LogP contribution in [0.15, 0.2) is 97.2 Å². The van der Waals surface area contributed by atoms with Crippen LogP contribution in [0.4, 0.5) is 0 Å². The van der Waals surface area contributed by atoms with Gasteiger partial charge in [-0.3, -0.25) is 14.4 Å². The molecule has 1 atom stereocenters. The number of unbranched alkanes of at least 4 members (excludes halogenated alkanes) is 31. The average molecular weight is 1060 g/mol. The third-order valence-electron chi connectivity index (χ3n) is 13.8. The van der Waals surface area contributed by atoms with Crippen LogP contribution in [0.2, 0.25) is 0 Å². The molecule has 0 amide bonds. The van der Waals surface area contributed by atoms with E-state index in [9.17, 15) is 14.4 Å². The molecule has 0 heterocycles. The van der Waals surface area contributed by atoms with Crippen LogP contribution >= 0.6 is 0 Å². The lowest BCUT2D eigenvalue weighted by atomic mass is 10.0. The molecule has 0 fully saturated rings. The van der Waals surface area contributed by atoms with Crippen LogP contribution in [0.25, 0.3) is 0 Å². The molecule has 0 spiro atoms. The fraction of sp³-hybridized carbons (Fsp3) is 0.729. The summed E-state index contributed by atoms with van der Waals surface area (Å²) in [6.07, 6.45) is 85.5. The highest BCUT2D eigenvalue weighted by atomic mass is 16.6. The van der Waals surface area contributed by atoms with E-state index in [0.717, 1.165) is 116 Å². The second-order valence-electron chi connectivity index (χ2n) is 21.3. The van der Waals surface area contributed by atoms with E-state index in [1.807, 2.05) is 0 Å². The van der Waals surface area contributed by atoms with Crippen molar-refractivity contribution in [1.29, 1.82) is 0 Å². The van der Waals surface area contributed by atoms with Crippen molar-refractivity contribution >= 4 is 17.9 Å². The molecule has 6 nitrogen and oxygen atoms in total. The van der Waals surface area contributed by atoms with Crippen LogP contribution in [0.1, 0.15) is 310 Å². The molecule has 1 unspecified atom stereocenters. The molecule has 0 aromatic rings. The fourth-order valence-electron chi connectivity index (χ4n) is 9.01. The monoisotopic (exact) mass is 1060 g/mol. The summed E-state index contributed by atoms with van der Waals surface area (Å²) >= 11 is 0. The Hall–Kier alpha value is -3.67. The normalized spacial score (nSPS) is 12.7. The van der Waals surface area contributed by atoms with Crippen LogP contribution in [0.5, 0.6) is 0 Å². The zero-order valence-corrected chi connectivity index (χ0v) is 50.0. The smallest absolute Gasteiger partial charge is 0.306 e. The molecular weight excluding hydrogens is 937 g/mol. The van der Waals surface area contributed by atoms with Gasteiger partial charge in [0.2, 0.25) is 0 Å². The van der Waals surface area contributed by atoms with Crippen LogP contribution in [0.3, 0.4) is 0 Å². The molecule has 0 aliphatic rings. The maximum Gasteiger partial charge on any atom is 0.306 e. The van der Waals surface area contributed by atoms with E-state index in [1.165, 1.54) is 154 Å². The van der Waals surface area contributed by atoms with Crippen molar-refractivity contribution in [1.82, 2.24) is 0 Å². The Balaban J connectivity index is 4.41. The Bertz CT molecular complexity index is 1490. The minimum absolute atomic E-state index is 0.0904. The summed E-state index contributed by atoms with van der Waals surface area (Å²) in [4.78, 5) is 38.3. The minimum Gasteiger partial charge on any atom is -0.462 e. The number of esters is 3. The van der Waals surface area contributed by atoms with Gasteiger partial charge in [0.25, 0.3) is 0 Å². The van der Waals surface area contributed by atoms with Gasteiger partial charge in [-0.25, -0.2) is 0 Å². The Morgan fingerprint density at radius 2 is 0.513 bits per heavy atom. The summed E-state index contributed by atoms with van der Waals surface area (Å²) in [5, 5.41) is 0. The van der Waals surface area contributed by atoms with Gasteiger partial charge >= 0.3 is 17.9 Å². The van der Waals surface area contributed by atoms with Crippen molar-refractivity contribution in [3.8, 4) is 0 Å². The van der Waals surface area contributed by atoms with E-state index in [-0.39, 0.29) is 31.1 Å². The lowest BCUT2D eigenvalue weighted by Gasteiger charge is -2.18. The van der Waals surface area contributed by atoms with Gasteiger partial charge in [0.1, 0.15) is 13.2 Å². The number of hydrogen-bond donors (Lipinski definition) is 0. The van der Waals surface area contributed by atoms with E-state index in [4.69, 9.17) is 14.2 Å². The maximum atomic E-state index is 12.9. The summed E-state index contributed by atoms with van der Waals surface area (Å²) in [7, 11) is 0. The average Bonchev–Trinajstić information content (AvgIpc) is 3.42. The Labute approximate surface area is 470 Å². The van der Waals surface area contributed by atoms with Crippen molar-refractivity contribution in [3.63, 3.8) is 0 Å². The Kier molecular flexibility index (Phi) is 60.8. The SMILES string of the molecule is CC/C=C\C/C=C\C/C=C\C/C=C\C/C=C\C/C=C\C/C=C\CCCCCC(=O)OCC(COC(=O)CCCCCCC/C=C\CCCCCCC)OC(=O)CCCCCCCCCCCCCCCCCCCCC. The van der Waals surface area contributed by atoms with Crippen molar-refractivity contribution in [3.05, 3.63) is 97.2 Å². The molecule has 0 aromatic carbocycles. The van der Waals surface area contributed by atoms with E-state index < -0.39 is 6.10 Å². The standard InChI is InChI=1S/C70H120O6/c1-4-7-10-13-16-19-22-25-28-30-32-33-34-35-36-37-39-40-42-45-48-51-54-57-60-63-69(72)75-66-67(65-74-68(71)62-59-56-53-50-47-44-27-24-21-18-15-12-9-6-3)76-70(73)64-61-58-55-52-49-46-43-41-38-31-29-26-23-20-17-14-11-8-5-2/h7,10,16,19,24-25,27-28,32-33,35-36,39-40,45,48,67H,4-6,8-9,11-15,17-18,20-23,26,29-31,34,37-38,41-44,46-47,49-66H2,1-3H3/b10-7-,19-16-,27-24-,28-25-,33-32-,36-35-,40-39-,48-45-. The summed E-state index contributed by atoms with van der Waals surface area (Å²) in [6.45, 7) is 6.51. The zero-order chi connectivity index (χ0) is 55.0. The first kappa shape index (κ1) is 72.3. The fourth-order valence-corrected chi connectivity index (χ4v) is 9.01. The number of hydrogen-bond acceptors (Lipinski definition) is 6. The largest absolute Gasteiger partial charge is 0.462 e. The summed E-state index contributed by atoms with van der Waals surface area (Å²) in [5.74, 6) is -0.920. The van der Waals surface area contributed by atoms with Crippen molar-refractivity contribution in [2.75, 3.05) is 13.2 Å². The molecule has 0 aromatic heterocycles. The number of carbonyl (C=O) groups excluding carboxylic acids is 3. The van der Waals surface area contributed by atoms with Crippen molar-refractivity contribution in [2.24, 2.45) is 0 Å². The molecule has 0 rings (SSSR count). The maximum absolute atomic E-state index is 12.9. The predicted octanol–water partition coefficient (Wildman–Crippen LogP) is 22.0. The highest BCUT2D eigenvalue weighted by Gasteiger charge is 2.19. The predicted molar refractivity (Wildman–Crippen MR) is 330 cm³/mol. The lowest BCUT2D eigenvalue weighted by Crippen LogP contribution is -2.30. The van der Waals surface area contributed by atoms with Gasteiger partial charge in [-0.2, -0.15) is 0 Å². The quantitative estimate of drug-likeness (QED) is 0.0261. The van der Waals surface area contributed by atoms with E-state index in [2.05, 4.69) is 118 Å². The topological polar surface area (TPSA) is 78.9 Å². The molecular formula is C70H120O6. The van der Waals surface area contributed by atoms with Gasteiger partial charge in [-0.1, -0.05) is 285 Å². The van der Waals surface area contributed by atoms with Gasteiger partial charge in [-0.15, -0.1) is 0 Å². The van der Waals surface area contributed by atoms with Crippen LogP contribution in [-0.2, 0) is 28.6 Å². The molecule has 0 saturated carbocycles.